The lowest BCUT2D eigenvalue weighted by molar-refractivity contribution is 0.00708. The number of benzene rings is 1. The van der Waals surface area contributed by atoms with Crippen molar-refractivity contribution in [2.75, 3.05) is 71.3 Å². The number of thiophene rings is 1. The number of rotatable bonds is 3. The van der Waals surface area contributed by atoms with Gasteiger partial charge in [-0.1, -0.05) is 0 Å². The van der Waals surface area contributed by atoms with Crippen LogP contribution < -0.4 is 24.3 Å². The molecular weight excluding hydrogens is 410 g/mol. The number of ether oxygens (including phenoxy) is 7. The molecule has 0 bridgehead atoms. The Labute approximate surface area is 179 Å². The van der Waals surface area contributed by atoms with E-state index in [0.29, 0.717) is 77.5 Å². The third kappa shape index (κ3) is 6.15. The van der Waals surface area contributed by atoms with Crippen molar-refractivity contribution in [2.24, 2.45) is 0 Å². The molecule has 1 N–H and O–H groups in total. The Balaban J connectivity index is 1.34. The molecule has 0 amide bonds. The molecule has 0 aliphatic carbocycles. The van der Waals surface area contributed by atoms with E-state index in [4.69, 9.17) is 33.2 Å². The minimum Gasteiger partial charge on any atom is -0.487 e. The van der Waals surface area contributed by atoms with Gasteiger partial charge >= 0.3 is 0 Å². The summed E-state index contributed by atoms with van der Waals surface area (Å²) in [4.78, 5) is 0. The third-order valence-corrected chi connectivity index (χ3v) is 5.20. The van der Waals surface area contributed by atoms with Gasteiger partial charge < -0.3 is 38.5 Å². The summed E-state index contributed by atoms with van der Waals surface area (Å²) in [7, 11) is 0. The SMILES string of the molecule is c1cc2c(cc1NCC1COc3cscc3O1)OCCOCCOCCOCCO2. The molecule has 8 nitrogen and oxygen atoms in total. The first-order chi connectivity index (χ1) is 14.9. The number of hydrogen-bond acceptors (Lipinski definition) is 9. The fourth-order valence-corrected chi connectivity index (χ4v) is 3.68. The van der Waals surface area contributed by atoms with Gasteiger partial charge in [-0.25, -0.2) is 0 Å². The summed E-state index contributed by atoms with van der Waals surface area (Å²) >= 11 is 1.57. The molecule has 30 heavy (non-hydrogen) atoms. The molecule has 0 saturated carbocycles. The standard InChI is InChI=1S/C21H27NO7S/c1-2-18-19(27-10-8-25-6-4-23-3-5-24-7-9-26-18)11-16(1)22-12-17-13-28-20-14-30-15-21(20)29-17/h1-2,11,14-15,17,22H,3-10,12-13H2. The molecular formula is C21H27NO7S. The van der Waals surface area contributed by atoms with E-state index >= 15 is 0 Å². The van der Waals surface area contributed by atoms with Crippen molar-refractivity contribution < 1.29 is 33.2 Å². The quantitative estimate of drug-likeness (QED) is 0.786. The average Bonchev–Trinajstić information content (AvgIpc) is 3.23. The zero-order valence-electron chi connectivity index (χ0n) is 16.8. The smallest absolute Gasteiger partial charge is 0.172 e. The first-order valence-electron chi connectivity index (χ1n) is 10.1. The van der Waals surface area contributed by atoms with Crippen molar-refractivity contribution in [3.63, 3.8) is 0 Å². The highest BCUT2D eigenvalue weighted by Gasteiger charge is 2.21. The second-order valence-electron chi connectivity index (χ2n) is 6.73. The maximum absolute atomic E-state index is 5.96. The van der Waals surface area contributed by atoms with Gasteiger partial charge in [-0.15, -0.1) is 11.3 Å². The molecule has 0 spiro atoms. The van der Waals surface area contributed by atoms with Crippen molar-refractivity contribution >= 4 is 17.0 Å². The van der Waals surface area contributed by atoms with E-state index in [2.05, 4.69) is 5.32 Å². The molecule has 4 rings (SSSR count). The largest absolute Gasteiger partial charge is 0.487 e. The van der Waals surface area contributed by atoms with Crippen molar-refractivity contribution in [1.82, 2.24) is 0 Å². The highest BCUT2D eigenvalue weighted by atomic mass is 32.1. The molecule has 2 aromatic rings. The van der Waals surface area contributed by atoms with E-state index in [-0.39, 0.29) is 6.10 Å². The number of nitrogens with one attached hydrogen (secondary N) is 1. The highest BCUT2D eigenvalue weighted by molar-refractivity contribution is 7.08. The van der Waals surface area contributed by atoms with Crippen molar-refractivity contribution in [2.45, 2.75) is 6.10 Å². The second kappa shape index (κ2) is 11.3. The van der Waals surface area contributed by atoms with Gasteiger partial charge in [-0.3, -0.25) is 0 Å². The van der Waals surface area contributed by atoms with E-state index < -0.39 is 0 Å². The van der Waals surface area contributed by atoms with Crippen LogP contribution >= 0.6 is 11.3 Å². The van der Waals surface area contributed by atoms with Crippen LogP contribution in [0, 0.1) is 0 Å². The zero-order chi connectivity index (χ0) is 20.4. The van der Waals surface area contributed by atoms with Crippen LogP contribution in [0.15, 0.2) is 29.0 Å². The lowest BCUT2D eigenvalue weighted by Crippen LogP contribution is -2.34. The van der Waals surface area contributed by atoms with Gasteiger partial charge in [0, 0.05) is 22.5 Å². The molecule has 1 unspecified atom stereocenters. The van der Waals surface area contributed by atoms with Gasteiger partial charge in [0.05, 0.1) is 46.2 Å². The molecule has 3 heterocycles. The molecule has 9 heteroatoms. The number of fused-ring (bicyclic) bond motifs is 2. The Morgan fingerprint density at radius 3 is 2.17 bits per heavy atom. The Hall–Kier alpha value is -2.20. The lowest BCUT2D eigenvalue weighted by atomic mass is 10.2. The van der Waals surface area contributed by atoms with Crippen LogP contribution in [0.2, 0.25) is 0 Å². The predicted molar refractivity (Wildman–Crippen MR) is 113 cm³/mol. The van der Waals surface area contributed by atoms with E-state index in [1.54, 1.807) is 11.3 Å². The van der Waals surface area contributed by atoms with Gasteiger partial charge in [0.15, 0.2) is 23.0 Å². The van der Waals surface area contributed by atoms with Crippen LogP contribution in [0.4, 0.5) is 5.69 Å². The first-order valence-corrected chi connectivity index (χ1v) is 11.0. The molecule has 1 atom stereocenters. The Morgan fingerprint density at radius 1 is 0.733 bits per heavy atom. The van der Waals surface area contributed by atoms with Crippen LogP contribution in [0.3, 0.4) is 0 Å². The van der Waals surface area contributed by atoms with Crippen LogP contribution in [-0.4, -0.2) is 72.1 Å². The third-order valence-electron chi connectivity index (χ3n) is 4.50. The molecule has 2 aliphatic rings. The maximum atomic E-state index is 5.96. The van der Waals surface area contributed by atoms with E-state index in [1.807, 2.05) is 29.0 Å². The minimum absolute atomic E-state index is 0.0605. The van der Waals surface area contributed by atoms with Crippen LogP contribution in [0.5, 0.6) is 23.0 Å². The molecule has 0 fully saturated rings. The predicted octanol–water partition coefficient (Wildman–Crippen LogP) is 2.82. The second-order valence-corrected chi connectivity index (χ2v) is 7.47. The van der Waals surface area contributed by atoms with Gasteiger partial charge in [0.25, 0.3) is 0 Å². The van der Waals surface area contributed by atoms with Crippen LogP contribution in [0.1, 0.15) is 0 Å². The summed E-state index contributed by atoms with van der Waals surface area (Å²) in [6.45, 7) is 5.13. The van der Waals surface area contributed by atoms with E-state index in [1.165, 1.54) is 0 Å². The Morgan fingerprint density at radius 2 is 1.40 bits per heavy atom. The van der Waals surface area contributed by atoms with Crippen molar-refractivity contribution in [3.05, 3.63) is 29.0 Å². The minimum atomic E-state index is -0.0605. The summed E-state index contributed by atoms with van der Waals surface area (Å²) in [5.41, 5.74) is 0.917. The Kier molecular flexibility index (Phi) is 7.90. The van der Waals surface area contributed by atoms with Crippen molar-refractivity contribution in [1.29, 1.82) is 0 Å². The summed E-state index contributed by atoms with van der Waals surface area (Å²) < 4.78 is 39.9. The lowest BCUT2D eigenvalue weighted by Gasteiger charge is -2.25. The summed E-state index contributed by atoms with van der Waals surface area (Å²) in [5, 5.41) is 7.30. The zero-order valence-corrected chi connectivity index (χ0v) is 17.6. The van der Waals surface area contributed by atoms with Crippen molar-refractivity contribution in [3.8, 4) is 23.0 Å². The summed E-state index contributed by atoms with van der Waals surface area (Å²) in [6, 6.07) is 5.79. The summed E-state index contributed by atoms with van der Waals surface area (Å²) in [5.74, 6) is 2.97. The molecule has 164 valence electrons. The molecule has 0 radical (unpaired) electrons. The fourth-order valence-electron chi connectivity index (χ4n) is 3.01. The topological polar surface area (TPSA) is 76.6 Å². The van der Waals surface area contributed by atoms with E-state index in [9.17, 15) is 0 Å². The van der Waals surface area contributed by atoms with E-state index in [0.717, 1.165) is 17.2 Å². The van der Waals surface area contributed by atoms with Gasteiger partial charge in [0.1, 0.15) is 25.9 Å². The summed E-state index contributed by atoms with van der Waals surface area (Å²) in [6.07, 6.45) is -0.0605. The van der Waals surface area contributed by atoms with Crippen LogP contribution in [-0.2, 0) is 14.2 Å². The first kappa shape index (κ1) is 21.0. The monoisotopic (exact) mass is 437 g/mol. The number of hydrogen-bond donors (Lipinski definition) is 1. The maximum Gasteiger partial charge on any atom is 0.172 e. The molecule has 1 aromatic carbocycles. The molecule has 0 saturated heterocycles. The highest BCUT2D eigenvalue weighted by Crippen LogP contribution is 2.35. The van der Waals surface area contributed by atoms with Gasteiger partial charge in [-0.05, 0) is 12.1 Å². The average molecular weight is 438 g/mol. The normalized spacial score (nSPS) is 20.6. The fraction of sp³-hybridized carbons (Fsp3) is 0.524. The Bertz CT molecular complexity index is 784. The van der Waals surface area contributed by atoms with Crippen LogP contribution in [0.25, 0.3) is 0 Å². The molecule has 1 aromatic heterocycles. The number of anilines is 1. The molecule has 2 aliphatic heterocycles. The van der Waals surface area contributed by atoms with Gasteiger partial charge in [-0.2, -0.15) is 0 Å². The van der Waals surface area contributed by atoms with Gasteiger partial charge in [0.2, 0.25) is 0 Å².